The van der Waals surface area contributed by atoms with E-state index in [9.17, 15) is 4.79 Å². The summed E-state index contributed by atoms with van der Waals surface area (Å²) in [5, 5.41) is 20.7. The molecule has 0 radical (unpaired) electrons. The van der Waals surface area contributed by atoms with Gasteiger partial charge in [0, 0.05) is 18.4 Å². The Morgan fingerprint density at radius 1 is 1.37 bits per heavy atom. The maximum Gasteiger partial charge on any atom is 0.220 e. The maximum atomic E-state index is 11.7. The number of aliphatic hydroxyl groups is 1. The number of nitrogens with zero attached hydrogens (tertiary/aromatic N) is 1. The Balaban J connectivity index is 1.72. The van der Waals surface area contributed by atoms with E-state index in [1.54, 1.807) is 12.1 Å². The number of nitrogens with one attached hydrogen (secondary N) is 1. The predicted octanol–water partition coefficient (Wildman–Crippen LogP) is 1.38. The third kappa shape index (κ3) is 3.80. The summed E-state index contributed by atoms with van der Waals surface area (Å²) in [6, 6.07) is 9.34. The van der Waals surface area contributed by atoms with Crippen LogP contribution in [0.5, 0.6) is 0 Å². The van der Waals surface area contributed by atoms with Gasteiger partial charge in [-0.25, -0.2) is 0 Å². The molecule has 1 fully saturated rings. The van der Waals surface area contributed by atoms with E-state index in [0.717, 1.165) is 18.4 Å². The van der Waals surface area contributed by atoms with E-state index >= 15 is 0 Å². The van der Waals surface area contributed by atoms with Gasteiger partial charge in [-0.1, -0.05) is 12.1 Å². The SMILES string of the molecule is N#Cc1ccc(CCC(=O)NCC2(CO)CC2)cc1. The molecule has 4 nitrogen and oxygen atoms in total. The van der Waals surface area contributed by atoms with Gasteiger partial charge in [0.2, 0.25) is 5.91 Å². The lowest BCUT2D eigenvalue weighted by atomic mass is 10.1. The van der Waals surface area contributed by atoms with Gasteiger partial charge in [0.25, 0.3) is 0 Å². The zero-order valence-electron chi connectivity index (χ0n) is 10.9. The van der Waals surface area contributed by atoms with Gasteiger partial charge in [0.15, 0.2) is 0 Å². The molecule has 0 saturated heterocycles. The molecule has 1 amide bonds. The van der Waals surface area contributed by atoms with Crippen molar-refractivity contribution in [3.63, 3.8) is 0 Å². The van der Waals surface area contributed by atoms with Crippen molar-refractivity contribution in [1.29, 1.82) is 5.26 Å². The van der Waals surface area contributed by atoms with Crippen LogP contribution in [0.3, 0.4) is 0 Å². The highest BCUT2D eigenvalue weighted by molar-refractivity contribution is 5.76. The van der Waals surface area contributed by atoms with Crippen LogP contribution in [0.15, 0.2) is 24.3 Å². The lowest BCUT2D eigenvalue weighted by Gasteiger charge is -2.12. The number of hydrogen-bond acceptors (Lipinski definition) is 3. The normalized spacial score (nSPS) is 15.6. The number of nitriles is 1. The summed E-state index contributed by atoms with van der Waals surface area (Å²) in [6.45, 7) is 0.735. The van der Waals surface area contributed by atoms with E-state index in [2.05, 4.69) is 11.4 Å². The Morgan fingerprint density at radius 3 is 2.58 bits per heavy atom. The lowest BCUT2D eigenvalue weighted by Crippen LogP contribution is -2.31. The number of aryl methyl sites for hydroxylation is 1. The molecule has 4 heteroatoms. The molecular weight excluding hydrogens is 240 g/mol. The third-order valence-corrected chi connectivity index (χ3v) is 3.68. The fraction of sp³-hybridized carbons (Fsp3) is 0.467. The fourth-order valence-corrected chi connectivity index (χ4v) is 1.95. The third-order valence-electron chi connectivity index (χ3n) is 3.68. The van der Waals surface area contributed by atoms with Crippen LogP contribution in [0.4, 0.5) is 0 Å². The Hall–Kier alpha value is -1.86. The van der Waals surface area contributed by atoms with Crippen LogP contribution in [-0.2, 0) is 11.2 Å². The average Bonchev–Trinajstić information content (AvgIpc) is 3.24. The number of benzene rings is 1. The Bertz CT molecular complexity index is 484. The van der Waals surface area contributed by atoms with Gasteiger partial charge >= 0.3 is 0 Å². The molecule has 0 aromatic heterocycles. The Kier molecular flexibility index (Phi) is 4.18. The van der Waals surface area contributed by atoms with Crippen LogP contribution in [0.25, 0.3) is 0 Å². The molecular formula is C15H18N2O2. The maximum absolute atomic E-state index is 11.7. The van der Waals surface area contributed by atoms with Crippen molar-refractivity contribution in [2.45, 2.75) is 25.7 Å². The van der Waals surface area contributed by atoms with Gasteiger partial charge < -0.3 is 10.4 Å². The number of carbonyl (C=O) groups is 1. The van der Waals surface area contributed by atoms with Gasteiger partial charge in [-0.15, -0.1) is 0 Å². The molecule has 1 saturated carbocycles. The van der Waals surface area contributed by atoms with Gasteiger partial charge in [-0.2, -0.15) is 5.26 Å². The van der Waals surface area contributed by atoms with E-state index in [1.165, 1.54) is 0 Å². The first kappa shape index (κ1) is 13.6. The second-order valence-electron chi connectivity index (χ2n) is 5.24. The number of carbonyl (C=O) groups excluding carboxylic acids is 1. The van der Waals surface area contributed by atoms with E-state index < -0.39 is 0 Å². The smallest absolute Gasteiger partial charge is 0.220 e. The monoisotopic (exact) mass is 258 g/mol. The minimum absolute atomic E-state index is 0.0177. The van der Waals surface area contributed by atoms with E-state index in [-0.39, 0.29) is 17.9 Å². The zero-order chi connectivity index (χ0) is 13.7. The first-order chi connectivity index (χ1) is 9.17. The molecule has 1 aromatic rings. The molecule has 100 valence electrons. The van der Waals surface area contributed by atoms with Gasteiger partial charge in [0.05, 0.1) is 18.2 Å². The average molecular weight is 258 g/mol. The molecule has 19 heavy (non-hydrogen) atoms. The molecule has 1 aliphatic carbocycles. The van der Waals surface area contributed by atoms with E-state index in [4.69, 9.17) is 10.4 Å². The predicted molar refractivity (Wildman–Crippen MR) is 71.2 cm³/mol. The quantitative estimate of drug-likeness (QED) is 0.809. The van der Waals surface area contributed by atoms with Crippen molar-refractivity contribution >= 4 is 5.91 Å². The summed E-state index contributed by atoms with van der Waals surface area (Å²) in [5.41, 5.74) is 1.65. The summed E-state index contributed by atoms with van der Waals surface area (Å²) < 4.78 is 0. The molecule has 0 atom stereocenters. The van der Waals surface area contributed by atoms with Crippen LogP contribution in [0, 0.1) is 16.7 Å². The second kappa shape index (κ2) is 5.85. The molecule has 0 heterocycles. The van der Waals surface area contributed by atoms with Crippen molar-refractivity contribution in [3.05, 3.63) is 35.4 Å². The van der Waals surface area contributed by atoms with Crippen molar-refractivity contribution in [2.75, 3.05) is 13.2 Å². The van der Waals surface area contributed by atoms with Crippen LogP contribution < -0.4 is 5.32 Å². The molecule has 2 rings (SSSR count). The highest BCUT2D eigenvalue weighted by Crippen LogP contribution is 2.44. The Morgan fingerprint density at radius 2 is 2.05 bits per heavy atom. The minimum atomic E-state index is -0.0376. The summed E-state index contributed by atoms with van der Waals surface area (Å²) >= 11 is 0. The van der Waals surface area contributed by atoms with E-state index in [0.29, 0.717) is 24.9 Å². The van der Waals surface area contributed by atoms with E-state index in [1.807, 2.05) is 12.1 Å². The Labute approximate surface area is 113 Å². The first-order valence-electron chi connectivity index (χ1n) is 6.54. The van der Waals surface area contributed by atoms with Crippen LogP contribution in [-0.4, -0.2) is 24.2 Å². The highest BCUT2D eigenvalue weighted by atomic mass is 16.3. The summed E-state index contributed by atoms with van der Waals surface area (Å²) in [6.07, 6.45) is 3.11. The molecule has 2 N–H and O–H groups in total. The first-order valence-corrected chi connectivity index (χ1v) is 6.54. The van der Waals surface area contributed by atoms with Crippen molar-refractivity contribution < 1.29 is 9.90 Å². The topological polar surface area (TPSA) is 73.1 Å². The lowest BCUT2D eigenvalue weighted by molar-refractivity contribution is -0.121. The second-order valence-corrected chi connectivity index (χ2v) is 5.24. The van der Waals surface area contributed by atoms with Crippen LogP contribution >= 0.6 is 0 Å². The largest absolute Gasteiger partial charge is 0.396 e. The standard InChI is InChI=1S/C15H18N2O2/c16-9-13-3-1-12(2-4-13)5-6-14(19)17-10-15(11-18)7-8-15/h1-4,18H,5-8,10-11H2,(H,17,19). The molecule has 1 aromatic carbocycles. The van der Waals surface area contributed by atoms with Crippen LogP contribution in [0.2, 0.25) is 0 Å². The summed E-state index contributed by atoms with van der Waals surface area (Å²) in [7, 11) is 0. The molecule has 0 aliphatic heterocycles. The zero-order valence-corrected chi connectivity index (χ0v) is 10.9. The molecule has 0 spiro atoms. The van der Waals surface area contributed by atoms with Crippen molar-refractivity contribution in [2.24, 2.45) is 5.41 Å². The summed E-state index contributed by atoms with van der Waals surface area (Å²) in [4.78, 5) is 11.7. The highest BCUT2D eigenvalue weighted by Gasteiger charge is 2.41. The number of rotatable bonds is 6. The van der Waals surface area contributed by atoms with Crippen LogP contribution in [0.1, 0.15) is 30.4 Å². The van der Waals surface area contributed by atoms with Gasteiger partial charge in [0.1, 0.15) is 0 Å². The van der Waals surface area contributed by atoms with Gasteiger partial charge in [-0.05, 0) is 37.0 Å². The molecule has 1 aliphatic rings. The van der Waals surface area contributed by atoms with Gasteiger partial charge in [-0.3, -0.25) is 4.79 Å². The van der Waals surface area contributed by atoms with Crippen molar-refractivity contribution in [3.8, 4) is 6.07 Å². The number of hydrogen-bond donors (Lipinski definition) is 2. The molecule has 0 bridgehead atoms. The summed E-state index contributed by atoms with van der Waals surface area (Å²) in [5.74, 6) is 0.0177. The van der Waals surface area contributed by atoms with Crippen molar-refractivity contribution in [1.82, 2.24) is 5.32 Å². The molecule has 0 unspecified atom stereocenters. The number of amides is 1. The minimum Gasteiger partial charge on any atom is -0.396 e. The number of aliphatic hydroxyl groups excluding tert-OH is 1. The fourth-order valence-electron chi connectivity index (χ4n) is 1.95.